The maximum Gasteiger partial charge on any atom is 0.347 e. The van der Waals surface area contributed by atoms with Crippen LogP contribution in [-0.2, 0) is 16.1 Å². The van der Waals surface area contributed by atoms with Gasteiger partial charge in [0.1, 0.15) is 12.4 Å². The normalized spacial score (nSPS) is 11.5. The molecular weight excluding hydrogens is 461 g/mol. The minimum Gasteiger partial charge on any atom is -0.479 e. The van der Waals surface area contributed by atoms with E-state index in [9.17, 15) is 9.59 Å². The summed E-state index contributed by atoms with van der Waals surface area (Å²) in [5.41, 5.74) is 1.51. The topological polar surface area (TPSA) is 64.6 Å². The lowest BCUT2D eigenvalue weighted by Crippen LogP contribution is -2.26. The molecule has 0 radical (unpaired) electrons. The van der Waals surface area contributed by atoms with E-state index >= 15 is 0 Å². The monoisotopic (exact) mass is 477 g/mol. The molecule has 0 saturated heterocycles. The summed E-state index contributed by atoms with van der Waals surface area (Å²) in [7, 11) is 0. The summed E-state index contributed by atoms with van der Waals surface area (Å²) in [5.74, 6) is -0.472. The number of halogens is 3. The van der Waals surface area contributed by atoms with E-state index in [0.717, 1.165) is 0 Å². The van der Waals surface area contributed by atoms with Crippen molar-refractivity contribution < 1.29 is 19.1 Å². The fourth-order valence-corrected chi connectivity index (χ4v) is 3.13. The number of esters is 1. The molecule has 1 N–H and O–H groups in total. The molecule has 3 aromatic rings. The first-order chi connectivity index (χ1) is 14.8. The average Bonchev–Trinajstić information content (AvgIpc) is 2.76. The Morgan fingerprint density at radius 2 is 1.65 bits per heavy atom. The van der Waals surface area contributed by atoms with Gasteiger partial charge >= 0.3 is 5.97 Å². The maximum atomic E-state index is 12.4. The number of carbonyl (C=O) groups is 2. The van der Waals surface area contributed by atoms with Crippen molar-refractivity contribution in [3.63, 3.8) is 0 Å². The van der Waals surface area contributed by atoms with Crippen LogP contribution in [0.25, 0.3) is 0 Å². The van der Waals surface area contributed by atoms with Crippen LogP contribution in [0.2, 0.25) is 15.1 Å². The highest BCUT2D eigenvalue weighted by molar-refractivity contribution is 6.36. The minimum absolute atomic E-state index is 0.0530. The highest BCUT2D eigenvalue weighted by Gasteiger charge is 2.17. The van der Waals surface area contributed by atoms with E-state index in [1.165, 1.54) is 0 Å². The summed E-state index contributed by atoms with van der Waals surface area (Å²) in [6.07, 6.45) is -0.840. The van der Waals surface area contributed by atoms with Crippen LogP contribution in [0.15, 0.2) is 66.7 Å². The van der Waals surface area contributed by atoms with Crippen LogP contribution in [0.5, 0.6) is 5.75 Å². The van der Waals surface area contributed by atoms with Crippen LogP contribution in [-0.4, -0.2) is 18.0 Å². The molecule has 1 atom stereocenters. The highest BCUT2D eigenvalue weighted by atomic mass is 35.5. The Kier molecular flexibility index (Phi) is 7.80. The lowest BCUT2D eigenvalue weighted by Gasteiger charge is -2.15. The number of amides is 1. The van der Waals surface area contributed by atoms with Crippen molar-refractivity contribution in [2.45, 2.75) is 19.6 Å². The lowest BCUT2D eigenvalue weighted by atomic mass is 10.2. The molecule has 0 aromatic heterocycles. The summed E-state index contributed by atoms with van der Waals surface area (Å²) in [4.78, 5) is 24.6. The molecule has 160 valence electrons. The van der Waals surface area contributed by atoms with Gasteiger partial charge < -0.3 is 14.8 Å². The second kappa shape index (κ2) is 10.5. The van der Waals surface area contributed by atoms with Crippen LogP contribution in [0.1, 0.15) is 22.8 Å². The number of ether oxygens (including phenoxy) is 2. The average molecular weight is 479 g/mol. The Labute approximate surface area is 194 Å². The first kappa shape index (κ1) is 22.9. The van der Waals surface area contributed by atoms with Crippen LogP contribution >= 0.6 is 34.8 Å². The molecule has 0 aliphatic rings. The number of rotatable bonds is 7. The van der Waals surface area contributed by atoms with Crippen molar-refractivity contribution >= 4 is 52.4 Å². The number of benzene rings is 3. The van der Waals surface area contributed by atoms with E-state index in [4.69, 9.17) is 44.3 Å². The van der Waals surface area contributed by atoms with Gasteiger partial charge in [0, 0.05) is 21.2 Å². The summed E-state index contributed by atoms with van der Waals surface area (Å²) in [5, 5.41) is 4.06. The lowest BCUT2D eigenvalue weighted by molar-refractivity contribution is -0.152. The van der Waals surface area contributed by atoms with Gasteiger partial charge in [0.05, 0.1) is 10.7 Å². The third kappa shape index (κ3) is 6.37. The van der Waals surface area contributed by atoms with Gasteiger partial charge in [-0.05, 0) is 55.5 Å². The quantitative estimate of drug-likeness (QED) is 0.399. The van der Waals surface area contributed by atoms with Gasteiger partial charge in [0.2, 0.25) is 0 Å². The Morgan fingerprint density at radius 3 is 2.35 bits per heavy atom. The van der Waals surface area contributed by atoms with E-state index in [-0.39, 0.29) is 12.5 Å². The molecule has 5 nitrogen and oxygen atoms in total. The molecule has 0 aliphatic heterocycles. The molecular formula is C23H18Cl3NO4. The van der Waals surface area contributed by atoms with Crippen LogP contribution in [0, 0.1) is 0 Å². The van der Waals surface area contributed by atoms with Crippen molar-refractivity contribution in [3.05, 3.63) is 92.9 Å². The van der Waals surface area contributed by atoms with Crippen molar-refractivity contribution in [1.29, 1.82) is 0 Å². The van der Waals surface area contributed by atoms with Crippen LogP contribution < -0.4 is 10.1 Å². The molecule has 3 aromatic carbocycles. The summed E-state index contributed by atoms with van der Waals surface area (Å²) in [6.45, 7) is 1.63. The number of hydrogen-bond acceptors (Lipinski definition) is 4. The van der Waals surface area contributed by atoms with E-state index < -0.39 is 12.1 Å². The van der Waals surface area contributed by atoms with Gasteiger partial charge in [-0.15, -0.1) is 0 Å². The Balaban J connectivity index is 1.55. The minimum atomic E-state index is -0.840. The van der Waals surface area contributed by atoms with Crippen molar-refractivity contribution in [3.8, 4) is 5.75 Å². The molecule has 0 bridgehead atoms. The van der Waals surface area contributed by atoms with Gasteiger partial charge in [-0.1, -0.05) is 53.0 Å². The van der Waals surface area contributed by atoms with Crippen molar-refractivity contribution in [1.82, 2.24) is 0 Å². The third-order valence-electron chi connectivity index (χ3n) is 4.27. The SMILES string of the molecule is CC(Oc1ccc(C(=O)Nc2cc(Cl)ccc2Cl)cc1)C(=O)OCc1ccccc1Cl. The molecule has 1 amide bonds. The zero-order valence-electron chi connectivity index (χ0n) is 16.4. The van der Waals surface area contributed by atoms with Gasteiger partial charge in [0.15, 0.2) is 6.10 Å². The van der Waals surface area contributed by atoms with Gasteiger partial charge in [-0.2, -0.15) is 0 Å². The number of anilines is 1. The van der Waals surface area contributed by atoms with Crippen LogP contribution in [0.4, 0.5) is 5.69 Å². The molecule has 0 fully saturated rings. The van der Waals surface area contributed by atoms with Gasteiger partial charge in [-0.25, -0.2) is 4.79 Å². The molecule has 0 aliphatic carbocycles. The Bertz CT molecular complexity index is 1090. The number of nitrogens with one attached hydrogen (secondary N) is 1. The molecule has 3 rings (SSSR count). The molecule has 0 spiro atoms. The zero-order chi connectivity index (χ0) is 22.4. The molecule has 1 unspecified atom stereocenters. The number of hydrogen-bond donors (Lipinski definition) is 1. The van der Waals surface area contributed by atoms with E-state index in [1.807, 2.05) is 6.07 Å². The summed E-state index contributed by atoms with van der Waals surface area (Å²) >= 11 is 18.1. The first-order valence-corrected chi connectivity index (χ1v) is 10.4. The number of carbonyl (C=O) groups excluding carboxylic acids is 2. The Hall–Kier alpha value is -2.73. The molecule has 31 heavy (non-hydrogen) atoms. The second-order valence-corrected chi connectivity index (χ2v) is 7.81. The molecule has 8 heteroatoms. The highest BCUT2D eigenvalue weighted by Crippen LogP contribution is 2.26. The van der Waals surface area contributed by atoms with E-state index in [1.54, 1.807) is 67.6 Å². The van der Waals surface area contributed by atoms with E-state index in [2.05, 4.69) is 5.32 Å². The first-order valence-electron chi connectivity index (χ1n) is 9.26. The van der Waals surface area contributed by atoms with Crippen molar-refractivity contribution in [2.24, 2.45) is 0 Å². The maximum absolute atomic E-state index is 12.4. The summed E-state index contributed by atoms with van der Waals surface area (Å²) in [6, 6.07) is 18.2. The zero-order valence-corrected chi connectivity index (χ0v) is 18.7. The predicted octanol–water partition coefficient (Wildman–Crippen LogP) is 6.41. The molecule has 0 heterocycles. The largest absolute Gasteiger partial charge is 0.479 e. The second-order valence-electron chi connectivity index (χ2n) is 6.56. The standard InChI is InChI=1S/C23H18Cl3NO4/c1-14(23(29)30-13-16-4-2-3-5-19(16)25)31-18-9-6-15(7-10-18)22(28)27-21-12-17(24)8-11-20(21)26/h2-12,14H,13H2,1H3,(H,27,28). The predicted molar refractivity (Wildman–Crippen MR) is 122 cm³/mol. The van der Waals surface area contributed by atoms with Gasteiger partial charge in [-0.3, -0.25) is 4.79 Å². The fraction of sp³-hybridized carbons (Fsp3) is 0.130. The third-order valence-corrected chi connectivity index (χ3v) is 5.20. The summed E-state index contributed by atoms with van der Waals surface area (Å²) < 4.78 is 10.9. The molecule has 0 saturated carbocycles. The Morgan fingerprint density at radius 1 is 0.935 bits per heavy atom. The smallest absolute Gasteiger partial charge is 0.347 e. The van der Waals surface area contributed by atoms with Crippen molar-refractivity contribution in [2.75, 3.05) is 5.32 Å². The van der Waals surface area contributed by atoms with Gasteiger partial charge in [0.25, 0.3) is 5.91 Å². The van der Waals surface area contributed by atoms with E-state index in [0.29, 0.717) is 37.6 Å². The fourth-order valence-electron chi connectivity index (χ4n) is 2.61. The van der Waals surface area contributed by atoms with Crippen LogP contribution in [0.3, 0.4) is 0 Å².